The van der Waals surface area contributed by atoms with Crippen LogP contribution >= 0.6 is 0 Å². The van der Waals surface area contributed by atoms with E-state index in [1.165, 1.54) is 6.08 Å². The summed E-state index contributed by atoms with van der Waals surface area (Å²) in [5, 5.41) is -0.0623. The molecular formula is C18H36O4Si2. The van der Waals surface area contributed by atoms with Crippen molar-refractivity contribution in [3.63, 3.8) is 0 Å². The van der Waals surface area contributed by atoms with Crippen molar-refractivity contribution in [1.29, 1.82) is 0 Å². The van der Waals surface area contributed by atoms with E-state index in [4.69, 9.17) is 8.85 Å². The monoisotopic (exact) mass is 372 g/mol. The zero-order valence-corrected chi connectivity index (χ0v) is 19.4. The molecule has 0 amide bonds. The van der Waals surface area contributed by atoms with Crippen LogP contribution in [0.25, 0.3) is 0 Å². The number of carbonyl (C=O) groups excluding carboxylic acids is 2. The first-order valence-electron chi connectivity index (χ1n) is 8.51. The second kappa shape index (κ2) is 7.56. The molecule has 0 spiro atoms. The summed E-state index contributed by atoms with van der Waals surface area (Å²) in [5.41, 5.74) is 0.669. The lowest BCUT2D eigenvalue weighted by atomic mass is 10.2. The van der Waals surface area contributed by atoms with Crippen molar-refractivity contribution in [3.8, 4) is 0 Å². The van der Waals surface area contributed by atoms with E-state index in [9.17, 15) is 9.59 Å². The van der Waals surface area contributed by atoms with Gasteiger partial charge in [-0.05, 0) is 43.2 Å². The van der Waals surface area contributed by atoms with Crippen LogP contribution in [0.15, 0.2) is 11.6 Å². The number of carbonyl (C=O) groups is 2. The molecule has 0 unspecified atom stereocenters. The van der Waals surface area contributed by atoms with Gasteiger partial charge in [0.05, 0.1) is 6.42 Å². The third kappa shape index (κ3) is 6.93. The molecule has 140 valence electrons. The first-order valence-corrected chi connectivity index (χ1v) is 14.3. The second-order valence-electron chi connectivity index (χ2n) is 9.58. The van der Waals surface area contributed by atoms with Crippen molar-refractivity contribution >= 4 is 28.6 Å². The zero-order valence-electron chi connectivity index (χ0n) is 17.4. The minimum atomic E-state index is -2.14. The Kier molecular flexibility index (Phi) is 7.28. The fourth-order valence-electron chi connectivity index (χ4n) is 1.39. The highest BCUT2D eigenvalue weighted by atomic mass is 28.4. The van der Waals surface area contributed by atoms with Crippen molar-refractivity contribution in [2.45, 2.75) is 91.2 Å². The summed E-state index contributed by atoms with van der Waals surface area (Å²) in [6.45, 7) is 22.4. The molecule has 6 heteroatoms. The van der Waals surface area contributed by atoms with Gasteiger partial charge in [-0.15, -0.1) is 0 Å². The molecule has 0 aromatic rings. The Morgan fingerprint density at radius 2 is 1.21 bits per heavy atom. The van der Waals surface area contributed by atoms with Crippen molar-refractivity contribution in [2.75, 3.05) is 0 Å². The average Bonchev–Trinajstić information content (AvgIpc) is 2.22. The van der Waals surface area contributed by atoms with E-state index in [2.05, 4.69) is 41.5 Å². The summed E-state index contributed by atoms with van der Waals surface area (Å²) in [7, 11) is -4.27. The molecule has 0 bridgehead atoms. The van der Waals surface area contributed by atoms with Crippen molar-refractivity contribution in [2.24, 2.45) is 0 Å². The molecule has 0 saturated heterocycles. The Hall–Kier alpha value is -0.886. The van der Waals surface area contributed by atoms with E-state index >= 15 is 0 Å². The van der Waals surface area contributed by atoms with Crippen LogP contribution < -0.4 is 0 Å². The molecule has 4 nitrogen and oxygen atoms in total. The molecule has 0 aliphatic rings. The fourth-order valence-corrected chi connectivity index (χ4v) is 3.20. The van der Waals surface area contributed by atoms with Gasteiger partial charge in [-0.1, -0.05) is 47.1 Å². The highest BCUT2D eigenvalue weighted by molar-refractivity contribution is 6.76. The standard InChI is InChI=1S/C18H36O4Si2/c1-14(12-15(19)21-23(8,9)17(2,3)4)13-16(20)22-24(10,11)18(5,6)7/h12H,13H2,1-11H3/b14-12+. The van der Waals surface area contributed by atoms with Gasteiger partial charge >= 0.3 is 5.97 Å². The average molecular weight is 373 g/mol. The molecule has 0 fully saturated rings. The van der Waals surface area contributed by atoms with E-state index in [0.29, 0.717) is 5.57 Å². The van der Waals surface area contributed by atoms with E-state index in [1.54, 1.807) is 6.92 Å². The molecular weight excluding hydrogens is 336 g/mol. The maximum atomic E-state index is 12.2. The van der Waals surface area contributed by atoms with Gasteiger partial charge in [-0.25, -0.2) is 4.79 Å². The van der Waals surface area contributed by atoms with Crippen molar-refractivity contribution in [1.82, 2.24) is 0 Å². The topological polar surface area (TPSA) is 52.6 Å². The lowest BCUT2D eigenvalue weighted by Crippen LogP contribution is -2.42. The van der Waals surface area contributed by atoms with Gasteiger partial charge in [0, 0.05) is 6.08 Å². The molecule has 0 aliphatic carbocycles. The van der Waals surface area contributed by atoms with E-state index in [-0.39, 0.29) is 28.4 Å². The minimum absolute atomic E-state index is 0.0262. The Morgan fingerprint density at radius 3 is 1.58 bits per heavy atom. The molecule has 0 heterocycles. The molecule has 0 saturated carbocycles. The van der Waals surface area contributed by atoms with Gasteiger partial charge in [0.25, 0.3) is 22.6 Å². The van der Waals surface area contributed by atoms with E-state index < -0.39 is 16.6 Å². The van der Waals surface area contributed by atoms with Crippen LogP contribution in [0.5, 0.6) is 0 Å². The summed E-state index contributed by atoms with van der Waals surface area (Å²) < 4.78 is 11.4. The third-order valence-corrected chi connectivity index (χ3v) is 13.8. The van der Waals surface area contributed by atoms with Crippen molar-refractivity contribution in [3.05, 3.63) is 11.6 Å². The quantitative estimate of drug-likeness (QED) is 0.477. The Morgan fingerprint density at radius 1 is 0.833 bits per heavy atom. The van der Waals surface area contributed by atoms with E-state index in [0.717, 1.165) is 0 Å². The Balaban J connectivity index is 4.83. The van der Waals surface area contributed by atoms with Crippen LogP contribution in [0.1, 0.15) is 54.9 Å². The lowest BCUT2D eigenvalue weighted by Gasteiger charge is -2.35. The second-order valence-corrected chi connectivity index (χ2v) is 19.0. The lowest BCUT2D eigenvalue weighted by molar-refractivity contribution is -0.134. The van der Waals surface area contributed by atoms with Gasteiger partial charge in [0.2, 0.25) is 0 Å². The Bertz CT molecular complexity index is 506. The molecule has 0 aromatic heterocycles. The van der Waals surface area contributed by atoms with Gasteiger partial charge in [0.1, 0.15) is 0 Å². The zero-order chi connectivity index (χ0) is 19.6. The van der Waals surface area contributed by atoms with Crippen LogP contribution in [0.3, 0.4) is 0 Å². The van der Waals surface area contributed by atoms with Gasteiger partial charge < -0.3 is 8.85 Å². The molecule has 0 radical (unpaired) electrons. The maximum absolute atomic E-state index is 12.2. The predicted molar refractivity (Wildman–Crippen MR) is 105 cm³/mol. The molecule has 0 rings (SSSR count). The summed E-state index contributed by atoms with van der Waals surface area (Å²) in [5.74, 6) is -0.630. The largest absolute Gasteiger partial charge is 0.519 e. The molecule has 24 heavy (non-hydrogen) atoms. The van der Waals surface area contributed by atoms with Gasteiger partial charge in [-0.2, -0.15) is 0 Å². The first kappa shape index (κ1) is 23.1. The highest BCUT2D eigenvalue weighted by Gasteiger charge is 2.41. The van der Waals surface area contributed by atoms with Crippen molar-refractivity contribution < 1.29 is 18.4 Å². The SMILES string of the molecule is C/C(=C\C(=O)O[Si](C)(C)C(C)(C)C)CC(=O)O[Si](C)(C)C(C)(C)C. The highest BCUT2D eigenvalue weighted by Crippen LogP contribution is 2.37. The molecule has 0 atom stereocenters. The summed E-state index contributed by atoms with van der Waals surface area (Å²) in [4.78, 5) is 24.3. The van der Waals surface area contributed by atoms with Gasteiger partial charge in [0.15, 0.2) is 0 Å². The van der Waals surface area contributed by atoms with Crippen LogP contribution in [-0.2, 0) is 18.4 Å². The number of rotatable bonds is 5. The minimum Gasteiger partial charge on any atom is -0.519 e. The number of hydrogen-bond donors (Lipinski definition) is 0. The smallest absolute Gasteiger partial charge is 0.317 e. The summed E-state index contributed by atoms with van der Waals surface area (Å²) in [6, 6.07) is 0. The molecule has 0 aliphatic heterocycles. The van der Waals surface area contributed by atoms with Gasteiger partial charge in [-0.3, -0.25) is 4.79 Å². The van der Waals surface area contributed by atoms with Crippen LogP contribution in [0.2, 0.25) is 36.3 Å². The first-order chi connectivity index (χ1) is 10.4. The van der Waals surface area contributed by atoms with Crippen LogP contribution in [0.4, 0.5) is 0 Å². The summed E-state index contributed by atoms with van der Waals surface area (Å²) in [6.07, 6.45) is 1.55. The van der Waals surface area contributed by atoms with Crippen LogP contribution in [0, 0.1) is 0 Å². The van der Waals surface area contributed by atoms with Crippen LogP contribution in [-0.4, -0.2) is 28.6 Å². The number of hydrogen-bond acceptors (Lipinski definition) is 4. The molecule has 0 aromatic carbocycles. The Labute approximate surface area is 150 Å². The van der Waals surface area contributed by atoms with E-state index in [1.807, 2.05) is 26.2 Å². The molecule has 0 N–H and O–H groups in total. The fraction of sp³-hybridized carbons (Fsp3) is 0.778. The maximum Gasteiger partial charge on any atom is 0.317 e. The predicted octanol–water partition coefficient (Wildman–Crippen LogP) is 5.42. The normalized spacial score (nSPS) is 14.4. The summed E-state index contributed by atoms with van der Waals surface area (Å²) >= 11 is 0. The third-order valence-electron chi connectivity index (χ3n) is 5.12.